The minimum absolute atomic E-state index is 0.166. The highest BCUT2D eigenvalue weighted by atomic mass is 16.5. The molecule has 128 valence electrons. The third-order valence-electron chi connectivity index (χ3n) is 3.53. The molecule has 0 saturated carbocycles. The zero-order valence-electron chi connectivity index (χ0n) is 13.8. The molecule has 0 aliphatic rings. The van der Waals surface area contributed by atoms with Crippen molar-refractivity contribution in [2.24, 2.45) is 5.10 Å². The molecule has 0 aliphatic carbocycles. The van der Waals surface area contributed by atoms with Crippen LogP contribution in [0.5, 0.6) is 11.5 Å². The van der Waals surface area contributed by atoms with Gasteiger partial charge >= 0.3 is 0 Å². The van der Waals surface area contributed by atoms with E-state index in [0.29, 0.717) is 29.0 Å². The Bertz CT molecular complexity index is 792. The van der Waals surface area contributed by atoms with Crippen molar-refractivity contribution in [2.75, 3.05) is 14.2 Å². The van der Waals surface area contributed by atoms with Gasteiger partial charge in [0, 0.05) is 29.3 Å². The van der Waals surface area contributed by atoms with E-state index in [1.165, 1.54) is 6.21 Å². The number of nitrogens with zero attached hydrogens (tertiary/aromatic N) is 1. The van der Waals surface area contributed by atoms with Crippen molar-refractivity contribution < 1.29 is 14.3 Å². The Kier molecular flexibility index (Phi) is 5.78. The van der Waals surface area contributed by atoms with Crippen molar-refractivity contribution in [3.8, 4) is 11.5 Å². The van der Waals surface area contributed by atoms with Crippen molar-refractivity contribution >= 4 is 12.1 Å². The predicted octanol–water partition coefficient (Wildman–Crippen LogP) is 1.11. The van der Waals surface area contributed by atoms with Gasteiger partial charge in [0.25, 0.3) is 5.56 Å². The van der Waals surface area contributed by atoms with Crippen LogP contribution in [0.1, 0.15) is 23.2 Å². The van der Waals surface area contributed by atoms with Crippen molar-refractivity contribution in [3.05, 3.63) is 45.4 Å². The topological polar surface area (TPSA) is 109 Å². The van der Waals surface area contributed by atoms with Gasteiger partial charge in [0.1, 0.15) is 11.5 Å². The maximum Gasteiger partial charge on any atom is 0.267 e. The van der Waals surface area contributed by atoms with E-state index in [4.69, 9.17) is 9.47 Å². The maximum absolute atomic E-state index is 11.8. The molecule has 0 radical (unpaired) electrons. The number of aromatic nitrogens is 2. The number of H-pyrrole nitrogens is 2. The Labute approximate surface area is 138 Å². The largest absolute Gasteiger partial charge is 0.497 e. The van der Waals surface area contributed by atoms with E-state index in [-0.39, 0.29) is 17.9 Å². The third-order valence-corrected chi connectivity index (χ3v) is 3.53. The Hall–Kier alpha value is -3.03. The van der Waals surface area contributed by atoms with E-state index < -0.39 is 0 Å². The van der Waals surface area contributed by atoms with Gasteiger partial charge in [-0.3, -0.25) is 14.7 Å². The standard InChI is InChI=1S/C16H20N4O4/c1-10-13(16(22)20-18-10)6-7-15(21)19-17-9-11-4-5-12(23-2)8-14(11)24-3/h4-5,8-9H,6-7H2,1-3H3,(H,19,21)(H2,18,20,22)/b17-9-. The van der Waals surface area contributed by atoms with Gasteiger partial charge in [-0.15, -0.1) is 0 Å². The van der Waals surface area contributed by atoms with E-state index >= 15 is 0 Å². The highest BCUT2D eigenvalue weighted by molar-refractivity contribution is 5.85. The predicted molar refractivity (Wildman–Crippen MR) is 89.8 cm³/mol. The Morgan fingerprint density at radius 2 is 2.08 bits per heavy atom. The summed E-state index contributed by atoms with van der Waals surface area (Å²) in [5.74, 6) is 0.973. The number of aryl methyl sites for hydroxylation is 1. The molecule has 2 rings (SSSR count). The van der Waals surface area contributed by atoms with Crippen molar-refractivity contribution in [3.63, 3.8) is 0 Å². The van der Waals surface area contributed by atoms with Crippen LogP contribution < -0.4 is 20.5 Å². The number of carbonyl (C=O) groups is 1. The lowest BCUT2D eigenvalue weighted by Crippen LogP contribution is -2.19. The molecule has 1 aromatic carbocycles. The summed E-state index contributed by atoms with van der Waals surface area (Å²) in [6.45, 7) is 1.78. The number of hydrogen-bond acceptors (Lipinski definition) is 5. The van der Waals surface area contributed by atoms with Crippen LogP contribution in [0.4, 0.5) is 0 Å². The third kappa shape index (κ3) is 4.25. The maximum atomic E-state index is 11.8. The van der Waals surface area contributed by atoms with Gasteiger partial charge in [-0.2, -0.15) is 5.10 Å². The number of benzene rings is 1. The highest BCUT2D eigenvalue weighted by Crippen LogP contribution is 2.22. The van der Waals surface area contributed by atoms with Gasteiger partial charge in [-0.25, -0.2) is 5.43 Å². The smallest absolute Gasteiger partial charge is 0.267 e. The monoisotopic (exact) mass is 332 g/mol. The Morgan fingerprint density at radius 3 is 2.71 bits per heavy atom. The molecule has 0 atom stereocenters. The number of nitrogens with one attached hydrogen (secondary N) is 3. The van der Waals surface area contributed by atoms with Crippen LogP contribution in [0.15, 0.2) is 28.1 Å². The Morgan fingerprint density at radius 1 is 1.29 bits per heavy atom. The molecule has 1 aromatic heterocycles. The first-order valence-electron chi connectivity index (χ1n) is 7.35. The van der Waals surface area contributed by atoms with Gasteiger partial charge < -0.3 is 14.6 Å². The van der Waals surface area contributed by atoms with Crippen LogP contribution in [0.3, 0.4) is 0 Å². The second kappa shape index (κ2) is 8.00. The van der Waals surface area contributed by atoms with Crippen LogP contribution in [0.2, 0.25) is 0 Å². The molecule has 8 heteroatoms. The zero-order valence-corrected chi connectivity index (χ0v) is 13.8. The number of carbonyl (C=O) groups excluding carboxylic acids is 1. The molecule has 0 aliphatic heterocycles. The highest BCUT2D eigenvalue weighted by Gasteiger charge is 2.09. The molecule has 1 heterocycles. The summed E-state index contributed by atoms with van der Waals surface area (Å²) in [4.78, 5) is 23.3. The molecular formula is C16H20N4O4. The lowest BCUT2D eigenvalue weighted by atomic mass is 10.1. The van der Waals surface area contributed by atoms with Crippen molar-refractivity contribution in [2.45, 2.75) is 19.8 Å². The van der Waals surface area contributed by atoms with E-state index in [9.17, 15) is 9.59 Å². The number of amides is 1. The van der Waals surface area contributed by atoms with Crippen molar-refractivity contribution in [1.82, 2.24) is 15.6 Å². The molecular weight excluding hydrogens is 312 g/mol. The summed E-state index contributed by atoms with van der Waals surface area (Å²) in [5.41, 5.74) is 4.25. The average Bonchev–Trinajstić information content (AvgIpc) is 2.91. The zero-order chi connectivity index (χ0) is 17.5. The molecule has 0 unspecified atom stereocenters. The molecule has 8 nitrogen and oxygen atoms in total. The van der Waals surface area contributed by atoms with Crippen LogP contribution in [-0.4, -0.2) is 36.5 Å². The minimum Gasteiger partial charge on any atom is -0.497 e. The fourth-order valence-corrected chi connectivity index (χ4v) is 2.17. The Balaban J connectivity index is 1.92. The van der Waals surface area contributed by atoms with E-state index in [1.54, 1.807) is 39.3 Å². The lowest BCUT2D eigenvalue weighted by molar-refractivity contribution is -0.121. The number of aromatic amines is 2. The summed E-state index contributed by atoms with van der Waals surface area (Å²) >= 11 is 0. The lowest BCUT2D eigenvalue weighted by Gasteiger charge is -2.06. The molecule has 1 amide bonds. The summed E-state index contributed by atoms with van der Waals surface area (Å²) in [7, 11) is 3.11. The van der Waals surface area contributed by atoms with Crippen LogP contribution >= 0.6 is 0 Å². The van der Waals surface area contributed by atoms with Gasteiger partial charge in [-0.05, 0) is 25.5 Å². The fraction of sp³-hybridized carbons (Fsp3) is 0.312. The summed E-state index contributed by atoms with van der Waals surface area (Å²) in [6, 6.07) is 5.27. The van der Waals surface area contributed by atoms with Gasteiger partial charge in [0.05, 0.1) is 20.4 Å². The average molecular weight is 332 g/mol. The number of rotatable bonds is 7. The first-order valence-corrected chi connectivity index (χ1v) is 7.35. The fourth-order valence-electron chi connectivity index (χ4n) is 2.17. The summed E-state index contributed by atoms with van der Waals surface area (Å²) < 4.78 is 10.4. The first kappa shape index (κ1) is 17.3. The summed E-state index contributed by atoms with van der Waals surface area (Å²) in [6.07, 6.45) is 2.00. The van der Waals surface area contributed by atoms with E-state index in [0.717, 1.165) is 5.69 Å². The normalized spacial score (nSPS) is 10.8. The second-order valence-electron chi connectivity index (χ2n) is 5.08. The number of hydrogen-bond donors (Lipinski definition) is 3. The molecule has 24 heavy (non-hydrogen) atoms. The SMILES string of the molecule is COc1ccc(/C=N\NC(=O)CCc2c(C)[nH][nH]c2=O)c(OC)c1. The minimum atomic E-state index is -0.279. The number of hydrazone groups is 1. The second-order valence-corrected chi connectivity index (χ2v) is 5.08. The molecule has 0 bridgehead atoms. The number of ether oxygens (including phenoxy) is 2. The van der Waals surface area contributed by atoms with Crippen LogP contribution in [0, 0.1) is 6.92 Å². The molecule has 0 fully saturated rings. The quantitative estimate of drug-likeness (QED) is 0.521. The van der Waals surface area contributed by atoms with E-state index in [2.05, 4.69) is 20.7 Å². The molecule has 3 N–H and O–H groups in total. The first-order chi connectivity index (χ1) is 11.5. The van der Waals surface area contributed by atoms with Gasteiger partial charge in [0.15, 0.2) is 0 Å². The van der Waals surface area contributed by atoms with Gasteiger partial charge in [-0.1, -0.05) is 0 Å². The molecule has 0 saturated heterocycles. The van der Waals surface area contributed by atoms with Crippen molar-refractivity contribution in [1.29, 1.82) is 0 Å². The number of methoxy groups -OCH3 is 2. The van der Waals surface area contributed by atoms with E-state index in [1.807, 2.05) is 0 Å². The molecule has 0 spiro atoms. The molecule has 2 aromatic rings. The summed E-state index contributed by atoms with van der Waals surface area (Å²) in [5, 5.41) is 9.12. The van der Waals surface area contributed by atoms with Crippen LogP contribution in [-0.2, 0) is 11.2 Å². The van der Waals surface area contributed by atoms with Gasteiger partial charge in [0.2, 0.25) is 5.91 Å². The van der Waals surface area contributed by atoms with Crippen LogP contribution in [0.25, 0.3) is 0 Å².